The molecule has 0 bridgehead atoms. The first kappa shape index (κ1) is 16.4. The number of carbonyl (C=O) groups is 1. The van der Waals surface area contributed by atoms with Crippen molar-refractivity contribution in [2.24, 2.45) is 0 Å². The average Bonchev–Trinajstić information content (AvgIpc) is 3.24. The Hall–Kier alpha value is -3.08. The van der Waals surface area contributed by atoms with Gasteiger partial charge in [0, 0.05) is 42.9 Å². The molecule has 1 amide bonds. The Bertz CT molecular complexity index is 1110. The summed E-state index contributed by atoms with van der Waals surface area (Å²) in [6.07, 6.45) is 2.59. The van der Waals surface area contributed by atoms with Gasteiger partial charge in [0.2, 0.25) is 0 Å². The number of rotatable bonds is 4. The summed E-state index contributed by atoms with van der Waals surface area (Å²) in [5.41, 5.74) is 4.21. The standard InChI is InChI=1S/C21H21N3O2/c1-4-18-16(15-9-5-6-10-19(15)26-18)12-23(3)21(25)17-13-24-14(2)8-7-11-20(24)22-17/h5-11,13H,4,12H2,1-3H3. The number of fused-ring (bicyclic) bond motifs is 2. The number of benzene rings is 1. The van der Waals surface area contributed by atoms with E-state index in [0.717, 1.165) is 40.1 Å². The molecule has 3 aromatic heterocycles. The Morgan fingerprint density at radius 3 is 2.77 bits per heavy atom. The first-order valence-electron chi connectivity index (χ1n) is 8.78. The van der Waals surface area contributed by atoms with Gasteiger partial charge in [0.15, 0.2) is 0 Å². The lowest BCUT2D eigenvalue weighted by molar-refractivity contribution is 0.0780. The predicted molar refractivity (Wildman–Crippen MR) is 101 cm³/mol. The van der Waals surface area contributed by atoms with Crippen LogP contribution in [0.25, 0.3) is 16.6 Å². The van der Waals surface area contributed by atoms with Crippen molar-refractivity contribution in [2.75, 3.05) is 7.05 Å². The van der Waals surface area contributed by atoms with E-state index in [1.165, 1.54) is 0 Å². The number of aromatic nitrogens is 2. The predicted octanol–water partition coefficient (Wildman–Crippen LogP) is 4.22. The first-order chi connectivity index (χ1) is 12.6. The maximum Gasteiger partial charge on any atom is 0.274 e. The van der Waals surface area contributed by atoms with Crippen molar-refractivity contribution in [3.8, 4) is 0 Å². The van der Waals surface area contributed by atoms with E-state index in [4.69, 9.17) is 4.42 Å². The van der Waals surface area contributed by atoms with Crippen LogP contribution in [0.3, 0.4) is 0 Å². The van der Waals surface area contributed by atoms with Crippen LogP contribution in [0.1, 0.15) is 34.4 Å². The lowest BCUT2D eigenvalue weighted by Gasteiger charge is -2.16. The topological polar surface area (TPSA) is 50.8 Å². The van der Waals surface area contributed by atoms with E-state index in [-0.39, 0.29) is 5.91 Å². The number of nitrogens with zero attached hydrogens (tertiary/aromatic N) is 3. The highest BCUT2D eigenvalue weighted by atomic mass is 16.3. The smallest absolute Gasteiger partial charge is 0.274 e. The minimum absolute atomic E-state index is 0.0968. The average molecular weight is 347 g/mol. The van der Waals surface area contributed by atoms with Crippen molar-refractivity contribution in [3.63, 3.8) is 0 Å². The number of hydrogen-bond acceptors (Lipinski definition) is 3. The molecule has 1 aromatic carbocycles. The molecule has 4 aromatic rings. The van der Waals surface area contributed by atoms with Crippen LogP contribution in [0.5, 0.6) is 0 Å². The second kappa shape index (κ2) is 6.33. The SMILES string of the molecule is CCc1oc2ccccc2c1CN(C)C(=O)c1cn2c(C)cccc2n1. The second-order valence-electron chi connectivity index (χ2n) is 6.54. The summed E-state index contributed by atoms with van der Waals surface area (Å²) in [5.74, 6) is 0.831. The van der Waals surface area contributed by atoms with Gasteiger partial charge in [-0.05, 0) is 25.1 Å². The fraction of sp³-hybridized carbons (Fsp3) is 0.238. The van der Waals surface area contributed by atoms with E-state index < -0.39 is 0 Å². The lowest BCUT2D eigenvalue weighted by Crippen LogP contribution is -2.26. The number of carbonyl (C=O) groups excluding carboxylic acids is 1. The molecule has 0 unspecified atom stereocenters. The van der Waals surface area contributed by atoms with Crippen LogP contribution in [0, 0.1) is 6.92 Å². The molecule has 0 fully saturated rings. The minimum atomic E-state index is -0.0968. The molecule has 0 N–H and O–H groups in total. The van der Waals surface area contributed by atoms with Crippen molar-refractivity contribution in [1.29, 1.82) is 0 Å². The number of para-hydroxylation sites is 1. The van der Waals surface area contributed by atoms with Gasteiger partial charge >= 0.3 is 0 Å². The molecule has 0 aliphatic rings. The third-order valence-corrected chi connectivity index (χ3v) is 4.76. The maximum absolute atomic E-state index is 12.9. The van der Waals surface area contributed by atoms with Crippen molar-refractivity contribution >= 4 is 22.5 Å². The highest BCUT2D eigenvalue weighted by molar-refractivity contribution is 5.93. The van der Waals surface area contributed by atoms with E-state index in [1.54, 1.807) is 18.1 Å². The Labute approximate surface area is 151 Å². The fourth-order valence-electron chi connectivity index (χ4n) is 3.36. The molecule has 4 rings (SSSR count). The summed E-state index contributed by atoms with van der Waals surface area (Å²) < 4.78 is 7.88. The maximum atomic E-state index is 12.9. The normalized spacial score (nSPS) is 11.3. The van der Waals surface area contributed by atoms with Crippen molar-refractivity contribution in [2.45, 2.75) is 26.8 Å². The highest BCUT2D eigenvalue weighted by Gasteiger charge is 2.20. The number of pyridine rings is 1. The van der Waals surface area contributed by atoms with Crippen LogP contribution < -0.4 is 0 Å². The molecular weight excluding hydrogens is 326 g/mol. The second-order valence-corrected chi connectivity index (χ2v) is 6.54. The molecule has 0 aliphatic carbocycles. The molecule has 0 spiro atoms. The third-order valence-electron chi connectivity index (χ3n) is 4.76. The molecule has 0 atom stereocenters. The third kappa shape index (κ3) is 2.65. The monoisotopic (exact) mass is 347 g/mol. The van der Waals surface area contributed by atoms with E-state index in [9.17, 15) is 4.79 Å². The van der Waals surface area contributed by atoms with Crippen LogP contribution >= 0.6 is 0 Å². The number of furan rings is 1. The molecule has 132 valence electrons. The summed E-state index contributed by atoms with van der Waals surface area (Å²) in [6, 6.07) is 13.8. The largest absolute Gasteiger partial charge is 0.461 e. The lowest BCUT2D eigenvalue weighted by atomic mass is 10.1. The molecule has 5 heteroatoms. The molecule has 0 saturated heterocycles. The molecular formula is C21H21N3O2. The van der Waals surface area contributed by atoms with Crippen LogP contribution in [0.2, 0.25) is 0 Å². The number of aryl methyl sites for hydroxylation is 2. The highest BCUT2D eigenvalue weighted by Crippen LogP contribution is 2.27. The van der Waals surface area contributed by atoms with Crippen molar-refractivity contribution < 1.29 is 9.21 Å². The van der Waals surface area contributed by atoms with Gasteiger partial charge in [-0.25, -0.2) is 4.98 Å². The summed E-state index contributed by atoms with van der Waals surface area (Å²) in [4.78, 5) is 19.1. The van der Waals surface area contributed by atoms with Crippen LogP contribution in [-0.2, 0) is 13.0 Å². The Kier molecular flexibility index (Phi) is 3.99. The van der Waals surface area contributed by atoms with Gasteiger partial charge in [0.05, 0.1) is 0 Å². The van der Waals surface area contributed by atoms with Gasteiger partial charge in [-0.3, -0.25) is 4.79 Å². The van der Waals surface area contributed by atoms with Crippen molar-refractivity contribution in [1.82, 2.24) is 14.3 Å². The summed E-state index contributed by atoms with van der Waals surface area (Å²) in [6.45, 7) is 4.55. The van der Waals surface area contributed by atoms with Gasteiger partial charge in [0.25, 0.3) is 5.91 Å². The fourth-order valence-corrected chi connectivity index (χ4v) is 3.36. The zero-order valence-electron chi connectivity index (χ0n) is 15.2. The number of amides is 1. The number of imidazole rings is 1. The van der Waals surface area contributed by atoms with E-state index in [2.05, 4.69) is 11.9 Å². The Morgan fingerprint density at radius 2 is 2.00 bits per heavy atom. The van der Waals surface area contributed by atoms with Crippen molar-refractivity contribution in [3.05, 3.63) is 71.4 Å². The summed E-state index contributed by atoms with van der Waals surface area (Å²) in [5, 5.41) is 1.06. The molecule has 0 saturated carbocycles. The van der Waals surface area contributed by atoms with Gasteiger partial charge in [-0.15, -0.1) is 0 Å². The Morgan fingerprint density at radius 1 is 1.19 bits per heavy atom. The van der Waals surface area contributed by atoms with E-state index >= 15 is 0 Å². The van der Waals surface area contributed by atoms with Crippen LogP contribution in [0.15, 0.2) is 53.1 Å². The quantitative estimate of drug-likeness (QED) is 0.555. The summed E-state index contributed by atoms with van der Waals surface area (Å²) in [7, 11) is 1.81. The van der Waals surface area contributed by atoms with E-state index in [0.29, 0.717) is 12.2 Å². The zero-order chi connectivity index (χ0) is 18.3. The number of hydrogen-bond donors (Lipinski definition) is 0. The summed E-state index contributed by atoms with van der Waals surface area (Å²) >= 11 is 0. The molecule has 26 heavy (non-hydrogen) atoms. The van der Waals surface area contributed by atoms with Gasteiger partial charge in [-0.2, -0.15) is 0 Å². The van der Waals surface area contributed by atoms with Gasteiger partial charge < -0.3 is 13.7 Å². The molecule has 3 heterocycles. The Balaban J connectivity index is 1.66. The molecule has 5 nitrogen and oxygen atoms in total. The van der Waals surface area contributed by atoms with Gasteiger partial charge in [0.1, 0.15) is 22.7 Å². The zero-order valence-corrected chi connectivity index (χ0v) is 15.2. The van der Waals surface area contributed by atoms with Crippen LogP contribution in [-0.4, -0.2) is 27.2 Å². The molecule has 0 aliphatic heterocycles. The van der Waals surface area contributed by atoms with Gasteiger partial charge in [-0.1, -0.05) is 31.2 Å². The van der Waals surface area contributed by atoms with Crippen LogP contribution in [0.4, 0.5) is 0 Å². The first-order valence-corrected chi connectivity index (χ1v) is 8.78. The molecule has 0 radical (unpaired) electrons. The van der Waals surface area contributed by atoms with E-state index in [1.807, 2.05) is 53.8 Å². The minimum Gasteiger partial charge on any atom is -0.461 e.